The van der Waals surface area contributed by atoms with Crippen LogP contribution in [0, 0.1) is 13.8 Å². The summed E-state index contributed by atoms with van der Waals surface area (Å²) >= 11 is 5.42. The van der Waals surface area contributed by atoms with E-state index in [-0.39, 0.29) is 0 Å². The van der Waals surface area contributed by atoms with Crippen LogP contribution in [0.2, 0.25) is 0 Å². The Morgan fingerprint density at radius 3 is 2.67 bits per heavy atom. The van der Waals surface area contributed by atoms with Crippen molar-refractivity contribution in [2.75, 3.05) is 0 Å². The number of rotatable bonds is 4. The fourth-order valence-electron chi connectivity index (χ4n) is 1.30. The number of halogens is 1. The summed E-state index contributed by atoms with van der Waals surface area (Å²) in [4.78, 5) is 11.0. The summed E-state index contributed by atoms with van der Waals surface area (Å²) < 4.78 is 5.56. The predicted molar refractivity (Wildman–Crippen MR) is 61.5 cm³/mol. The number of benzene rings is 1. The van der Waals surface area contributed by atoms with E-state index in [0.29, 0.717) is 6.42 Å². The zero-order chi connectivity index (χ0) is 11.4. The van der Waals surface area contributed by atoms with Gasteiger partial charge >= 0.3 is 0 Å². The fourth-order valence-corrected chi connectivity index (χ4v) is 1.49. The number of ether oxygens (including phenoxy) is 1. The summed E-state index contributed by atoms with van der Waals surface area (Å²) in [6.45, 7) is 5.85. The van der Waals surface area contributed by atoms with Crippen molar-refractivity contribution in [1.82, 2.24) is 0 Å². The van der Waals surface area contributed by atoms with Gasteiger partial charge in [-0.15, -0.1) is 0 Å². The van der Waals surface area contributed by atoms with E-state index in [9.17, 15) is 4.79 Å². The first-order chi connectivity index (χ1) is 7.06. The standard InChI is InChI=1S/C12H15ClO2/c1-4-10(12(13)14)15-11-7-5-6-8(2)9(11)3/h5-7,10H,4H2,1-3H3. The molecule has 2 nitrogen and oxygen atoms in total. The zero-order valence-corrected chi connectivity index (χ0v) is 9.97. The summed E-state index contributed by atoms with van der Waals surface area (Å²) in [7, 11) is 0. The predicted octanol–water partition coefficient (Wildman–Crippen LogP) is 3.23. The summed E-state index contributed by atoms with van der Waals surface area (Å²) in [5, 5.41) is -0.446. The third-order valence-electron chi connectivity index (χ3n) is 2.45. The molecule has 1 unspecified atom stereocenters. The van der Waals surface area contributed by atoms with Crippen molar-refractivity contribution in [3.63, 3.8) is 0 Å². The number of hydrogen-bond donors (Lipinski definition) is 0. The third-order valence-corrected chi connectivity index (χ3v) is 2.69. The van der Waals surface area contributed by atoms with E-state index >= 15 is 0 Å². The highest BCUT2D eigenvalue weighted by atomic mass is 35.5. The molecule has 0 saturated heterocycles. The Bertz CT molecular complexity index is 361. The molecule has 1 aromatic carbocycles. The number of carbonyl (C=O) groups is 1. The van der Waals surface area contributed by atoms with Gasteiger partial charge in [-0.2, -0.15) is 0 Å². The van der Waals surface area contributed by atoms with Gasteiger partial charge in [0.05, 0.1) is 0 Å². The molecular formula is C12H15ClO2. The fraction of sp³-hybridized carbons (Fsp3) is 0.417. The van der Waals surface area contributed by atoms with Crippen LogP contribution in [0.5, 0.6) is 5.75 Å². The van der Waals surface area contributed by atoms with Gasteiger partial charge in [-0.1, -0.05) is 19.1 Å². The van der Waals surface area contributed by atoms with E-state index in [1.54, 1.807) is 0 Å². The molecule has 0 aromatic heterocycles. The van der Waals surface area contributed by atoms with Crippen LogP contribution in [0.4, 0.5) is 0 Å². The summed E-state index contributed by atoms with van der Waals surface area (Å²) in [5.41, 5.74) is 2.19. The molecule has 0 amide bonds. The Labute approximate surface area is 95.2 Å². The van der Waals surface area contributed by atoms with Gasteiger partial charge in [-0.05, 0) is 49.1 Å². The van der Waals surface area contributed by atoms with Crippen LogP contribution in [0.25, 0.3) is 0 Å². The minimum absolute atomic E-state index is 0.446. The maximum atomic E-state index is 11.0. The molecule has 0 saturated carbocycles. The maximum absolute atomic E-state index is 11.0. The molecule has 0 aliphatic rings. The third kappa shape index (κ3) is 2.96. The number of aryl methyl sites for hydroxylation is 1. The summed E-state index contributed by atoms with van der Waals surface area (Å²) in [6.07, 6.45) is 0.0302. The van der Waals surface area contributed by atoms with Crippen molar-refractivity contribution in [3.05, 3.63) is 29.3 Å². The zero-order valence-electron chi connectivity index (χ0n) is 9.21. The van der Waals surface area contributed by atoms with Crippen LogP contribution >= 0.6 is 11.6 Å². The van der Waals surface area contributed by atoms with Gasteiger partial charge in [0.15, 0.2) is 6.10 Å². The Morgan fingerprint density at radius 1 is 1.47 bits per heavy atom. The summed E-state index contributed by atoms with van der Waals surface area (Å²) in [6, 6.07) is 5.76. The van der Waals surface area contributed by atoms with Gasteiger partial charge in [-0.3, -0.25) is 4.79 Å². The lowest BCUT2D eigenvalue weighted by atomic mass is 10.1. The Kier molecular flexibility index (Phi) is 4.15. The van der Waals surface area contributed by atoms with Crippen molar-refractivity contribution in [1.29, 1.82) is 0 Å². The highest BCUT2D eigenvalue weighted by Gasteiger charge is 2.16. The van der Waals surface area contributed by atoms with Crippen LogP contribution in [0.3, 0.4) is 0 Å². The highest BCUT2D eigenvalue weighted by Crippen LogP contribution is 2.22. The Morgan fingerprint density at radius 2 is 2.13 bits per heavy atom. The first-order valence-corrected chi connectivity index (χ1v) is 5.36. The molecule has 0 aliphatic carbocycles. The maximum Gasteiger partial charge on any atom is 0.262 e. The molecule has 0 fully saturated rings. The molecule has 0 spiro atoms. The molecule has 0 heterocycles. The second kappa shape index (κ2) is 5.17. The van der Waals surface area contributed by atoms with Gasteiger partial charge in [0.2, 0.25) is 0 Å². The van der Waals surface area contributed by atoms with Crippen LogP contribution in [-0.2, 0) is 4.79 Å². The van der Waals surface area contributed by atoms with E-state index in [1.807, 2.05) is 39.0 Å². The molecule has 1 rings (SSSR count). The molecule has 0 radical (unpaired) electrons. The van der Waals surface area contributed by atoms with Crippen LogP contribution < -0.4 is 4.74 Å². The van der Waals surface area contributed by atoms with Crippen molar-refractivity contribution in [2.24, 2.45) is 0 Å². The van der Waals surface area contributed by atoms with Gasteiger partial charge in [0.1, 0.15) is 5.75 Å². The lowest BCUT2D eigenvalue weighted by Crippen LogP contribution is -2.22. The molecule has 0 N–H and O–H groups in total. The highest BCUT2D eigenvalue weighted by molar-refractivity contribution is 6.64. The van der Waals surface area contributed by atoms with E-state index in [0.717, 1.165) is 16.9 Å². The smallest absolute Gasteiger partial charge is 0.262 e. The van der Waals surface area contributed by atoms with E-state index in [2.05, 4.69) is 0 Å². The van der Waals surface area contributed by atoms with E-state index < -0.39 is 11.3 Å². The van der Waals surface area contributed by atoms with Crippen molar-refractivity contribution in [3.8, 4) is 5.75 Å². The SMILES string of the molecule is CCC(Oc1cccc(C)c1C)C(=O)Cl. The Balaban J connectivity index is 2.88. The van der Waals surface area contributed by atoms with Crippen molar-refractivity contribution in [2.45, 2.75) is 33.3 Å². The molecule has 0 aliphatic heterocycles. The lowest BCUT2D eigenvalue weighted by Gasteiger charge is -2.16. The molecule has 15 heavy (non-hydrogen) atoms. The van der Waals surface area contributed by atoms with Crippen molar-refractivity contribution >= 4 is 16.8 Å². The second-order valence-electron chi connectivity index (χ2n) is 3.52. The largest absolute Gasteiger partial charge is 0.481 e. The minimum atomic E-state index is -0.549. The summed E-state index contributed by atoms with van der Waals surface area (Å²) in [5.74, 6) is 0.732. The van der Waals surface area contributed by atoms with E-state index in [4.69, 9.17) is 16.3 Å². The molecule has 3 heteroatoms. The first kappa shape index (κ1) is 12.1. The molecule has 1 aromatic rings. The topological polar surface area (TPSA) is 26.3 Å². The average molecular weight is 227 g/mol. The average Bonchev–Trinajstić information content (AvgIpc) is 2.19. The molecule has 1 atom stereocenters. The van der Waals surface area contributed by atoms with Crippen molar-refractivity contribution < 1.29 is 9.53 Å². The molecular weight excluding hydrogens is 212 g/mol. The van der Waals surface area contributed by atoms with Crippen LogP contribution in [-0.4, -0.2) is 11.3 Å². The molecule has 0 bridgehead atoms. The number of hydrogen-bond acceptors (Lipinski definition) is 2. The van der Waals surface area contributed by atoms with Gasteiger partial charge in [0.25, 0.3) is 5.24 Å². The van der Waals surface area contributed by atoms with Gasteiger partial charge in [0, 0.05) is 0 Å². The number of carbonyl (C=O) groups excluding carboxylic acids is 1. The van der Waals surface area contributed by atoms with Crippen LogP contribution in [0.15, 0.2) is 18.2 Å². The quantitative estimate of drug-likeness (QED) is 0.737. The lowest BCUT2D eigenvalue weighted by molar-refractivity contribution is -0.117. The monoisotopic (exact) mass is 226 g/mol. The second-order valence-corrected chi connectivity index (χ2v) is 3.89. The molecule has 82 valence electrons. The van der Waals surface area contributed by atoms with Gasteiger partial charge in [-0.25, -0.2) is 0 Å². The Hall–Kier alpha value is -1.02. The van der Waals surface area contributed by atoms with Gasteiger partial charge < -0.3 is 4.74 Å². The normalized spacial score (nSPS) is 12.3. The minimum Gasteiger partial charge on any atom is -0.481 e. The first-order valence-electron chi connectivity index (χ1n) is 4.98. The van der Waals surface area contributed by atoms with E-state index in [1.165, 1.54) is 0 Å². The van der Waals surface area contributed by atoms with Crippen LogP contribution in [0.1, 0.15) is 24.5 Å².